The average molecular weight is 2760 g/mol. The summed E-state index contributed by atoms with van der Waals surface area (Å²) in [5.41, 5.74) is 22.5. The summed E-state index contributed by atoms with van der Waals surface area (Å²) in [5, 5.41) is 19.1. The molecule has 8 aromatic carbocycles. The third-order valence-corrected chi connectivity index (χ3v) is 18.6. The summed E-state index contributed by atoms with van der Waals surface area (Å²) < 4.78 is 17.1. The van der Waals surface area contributed by atoms with Crippen LogP contribution in [-0.2, 0) is 264 Å². The number of hydrazine groups is 3. The van der Waals surface area contributed by atoms with Gasteiger partial charge in [0, 0.05) is 243 Å². The summed E-state index contributed by atoms with van der Waals surface area (Å²) in [5.74, 6) is 2.93. The number of oxazole rings is 1. The first-order valence-electron chi connectivity index (χ1n) is 31.6. The van der Waals surface area contributed by atoms with Crippen LogP contribution < -0.4 is 30.1 Å². The molecular formula is C85H65Ir5N16OSY5-4. The maximum absolute atomic E-state index is 5.45. The monoisotopic (exact) mass is 2770 g/mol. The Morgan fingerprint density at radius 2 is 0.850 bits per heavy atom. The molecule has 9 aromatic heterocycles. The molecule has 0 saturated carbocycles. The molecule has 7 radical (unpaired) electrons. The largest absolute Gasteiger partial charge is 3.00 e. The zero-order chi connectivity index (χ0) is 64.6. The second-order valence-corrected chi connectivity index (χ2v) is 24.1. The molecule has 28 heteroatoms. The molecule has 0 amide bonds. The predicted molar refractivity (Wildman–Crippen MR) is 419 cm³/mol. The van der Waals surface area contributed by atoms with Crippen LogP contribution >= 0.6 is 11.3 Å². The van der Waals surface area contributed by atoms with E-state index in [9.17, 15) is 0 Å². The summed E-state index contributed by atoms with van der Waals surface area (Å²) in [6, 6.07) is 87.9. The fourth-order valence-corrected chi connectivity index (χ4v) is 14.2. The van der Waals surface area contributed by atoms with E-state index in [2.05, 4.69) is 263 Å². The fourth-order valence-electron chi connectivity index (χ4n) is 13.3. The van der Waals surface area contributed by atoms with Crippen LogP contribution in [0.1, 0.15) is 16.7 Å². The maximum atomic E-state index is 5.45. The van der Waals surface area contributed by atoms with Crippen LogP contribution in [0.3, 0.4) is 0 Å². The Bertz CT molecular complexity index is 5380. The van der Waals surface area contributed by atoms with Gasteiger partial charge < -0.3 is 84.5 Å². The number of fused-ring (bicyclic) bond motifs is 30. The molecule has 0 spiro atoms. The Kier molecular flexibility index (Phi) is 39.4. The number of benzene rings is 8. The number of rotatable bonds is 3. The van der Waals surface area contributed by atoms with Gasteiger partial charge in [-0.25, -0.2) is 9.97 Å². The van der Waals surface area contributed by atoms with Gasteiger partial charge in [0.15, 0.2) is 6.39 Å². The Labute approximate surface area is 857 Å². The van der Waals surface area contributed by atoms with Gasteiger partial charge in [-0.3, -0.25) is 19.7 Å². The summed E-state index contributed by atoms with van der Waals surface area (Å²) in [4.78, 5) is 17.5. The molecule has 0 fully saturated rings. The molecular weight excluding hydrogens is 2700 g/mol. The minimum Gasteiger partial charge on any atom is -0.452 e. The third-order valence-electron chi connectivity index (χ3n) is 17.8. The Morgan fingerprint density at radius 3 is 1.41 bits per heavy atom. The topological polar surface area (TPSA) is 121 Å². The molecule has 0 saturated heterocycles. The van der Waals surface area contributed by atoms with Gasteiger partial charge in [-0.05, 0) is 81.8 Å². The van der Waals surface area contributed by atoms with Gasteiger partial charge in [0.1, 0.15) is 17.2 Å². The van der Waals surface area contributed by atoms with Gasteiger partial charge in [0.05, 0.1) is 29.7 Å². The van der Waals surface area contributed by atoms with Gasteiger partial charge >= 0.3 is 60.3 Å². The maximum Gasteiger partial charge on any atom is 3.00 e. The number of anilines is 6. The molecule has 17 aromatic rings. The van der Waals surface area contributed by atoms with E-state index in [1.807, 2.05) is 145 Å². The molecule has 561 valence electrons. The van der Waals surface area contributed by atoms with Crippen LogP contribution in [0.15, 0.2) is 291 Å². The number of para-hydroxylation sites is 3. The molecule has 0 aliphatic carbocycles. The number of imidazole rings is 2. The van der Waals surface area contributed by atoms with E-state index in [1.165, 1.54) is 50.0 Å². The van der Waals surface area contributed by atoms with Crippen molar-refractivity contribution >= 4 is 117 Å². The SMILES string of the molecule is [CH3-].[CH3-].[CH3-].[CH3-].[CH3-].[Ir+3].[Ir+3].[Ir+3].[Ir].[Ir].[Y].[Y].[Y].[Y].[Y].[c-]1cccc2c1N1[CH-]C(c3ccccc3)=CN1c1ccnn1-2.[c-]1cccc2c1N1[CH-]C(c3ccccc3)=CN1c1cncn1-2.[c-]1cccc2c1N1[CH-]C(c3ccccc3)=CN1c1nccn1-2.[c-]1cccc2c1c1ncoc1c1cccn21.[c-]1cccc2c1c1ncsc1c1cccn21. The quantitative estimate of drug-likeness (QED) is 0.157. The van der Waals surface area contributed by atoms with Crippen LogP contribution in [0.25, 0.3) is 87.9 Å². The molecule has 113 heavy (non-hydrogen) atoms. The first-order chi connectivity index (χ1) is 48.6. The van der Waals surface area contributed by atoms with E-state index in [1.54, 1.807) is 11.3 Å². The van der Waals surface area contributed by atoms with E-state index in [4.69, 9.17) is 4.42 Å². The predicted octanol–water partition coefficient (Wildman–Crippen LogP) is 19.1. The first kappa shape index (κ1) is 101. The molecule has 0 atom stereocenters. The Hall–Kier alpha value is -4.81. The normalized spacial score (nSPS) is 12.0. The number of thiazole rings is 1. The van der Waals surface area contributed by atoms with Crippen molar-refractivity contribution in [3.63, 3.8) is 0 Å². The number of aromatic nitrogens is 10. The third kappa shape index (κ3) is 18.6. The Balaban J connectivity index is 0.000000290. The first-order valence-corrected chi connectivity index (χ1v) is 32.5. The molecule has 17 nitrogen and oxygen atoms in total. The molecule has 6 aliphatic heterocycles. The number of hydrogen-bond acceptors (Lipinski definition) is 13. The van der Waals surface area contributed by atoms with Gasteiger partial charge in [-0.2, -0.15) is 59.7 Å². The van der Waals surface area contributed by atoms with Crippen molar-refractivity contribution in [3.8, 4) is 17.1 Å². The van der Waals surface area contributed by atoms with Gasteiger partial charge in [-0.1, -0.05) is 98.2 Å². The minimum atomic E-state index is 0. The molecule has 6 aliphatic rings. The van der Waals surface area contributed by atoms with Gasteiger partial charge in [0.25, 0.3) is 0 Å². The molecule has 0 bridgehead atoms. The van der Waals surface area contributed by atoms with Crippen molar-refractivity contribution in [1.82, 2.24) is 47.7 Å². The smallest absolute Gasteiger partial charge is 0.452 e. The van der Waals surface area contributed by atoms with E-state index in [0.29, 0.717) is 0 Å². The van der Waals surface area contributed by atoms with E-state index in [-0.39, 0.29) is 301 Å². The summed E-state index contributed by atoms with van der Waals surface area (Å²) in [6.45, 7) is 6.41. The number of pyridine rings is 2. The Morgan fingerprint density at radius 1 is 0.398 bits per heavy atom. The van der Waals surface area contributed by atoms with Crippen LogP contribution in [0.5, 0.6) is 0 Å². The van der Waals surface area contributed by atoms with E-state index >= 15 is 0 Å². The number of nitrogens with zero attached hydrogens (tertiary/aromatic N) is 16. The van der Waals surface area contributed by atoms with Crippen molar-refractivity contribution in [2.24, 2.45) is 0 Å². The second-order valence-electron chi connectivity index (χ2n) is 23.3. The van der Waals surface area contributed by atoms with E-state index < -0.39 is 0 Å². The summed E-state index contributed by atoms with van der Waals surface area (Å²) >= 11 is 1.68. The molecule has 0 N–H and O–H groups in total. The summed E-state index contributed by atoms with van der Waals surface area (Å²) in [6.07, 6.45) is 21.3. The molecule has 0 unspecified atom stereocenters. The second kappa shape index (κ2) is 44.3. The van der Waals surface area contributed by atoms with Crippen LogP contribution in [0.2, 0.25) is 0 Å². The minimum absolute atomic E-state index is 0. The summed E-state index contributed by atoms with van der Waals surface area (Å²) in [7, 11) is 0. The van der Waals surface area contributed by atoms with Crippen molar-refractivity contribution in [2.45, 2.75) is 0 Å². The van der Waals surface area contributed by atoms with Gasteiger partial charge in [-0.15, -0.1) is 153 Å². The van der Waals surface area contributed by atoms with Crippen molar-refractivity contribution in [2.75, 3.05) is 30.1 Å². The fraction of sp³-hybridized carbons (Fsp3) is 0. The van der Waals surface area contributed by atoms with Crippen molar-refractivity contribution in [1.29, 1.82) is 0 Å². The van der Waals surface area contributed by atoms with Crippen LogP contribution in [0.4, 0.5) is 34.6 Å². The van der Waals surface area contributed by atoms with Crippen LogP contribution in [0, 0.1) is 87.1 Å². The average Bonchev–Trinajstić information content (AvgIpc) is 1.53. The van der Waals surface area contributed by atoms with E-state index in [0.717, 1.165) is 95.7 Å². The molecule has 23 rings (SSSR count). The van der Waals surface area contributed by atoms with Crippen molar-refractivity contribution < 1.29 is 268 Å². The van der Waals surface area contributed by atoms with Gasteiger partial charge in [0.2, 0.25) is 5.95 Å². The van der Waals surface area contributed by atoms with Crippen molar-refractivity contribution in [3.05, 3.63) is 390 Å². The zero-order valence-electron chi connectivity index (χ0n) is 61.4. The standard InChI is InChI=1S/3C18H12N4.C13H7N2O.C13H7N2S.5CH3.5Ir.5Y/c1-2-6-14(7-3-1)15-11-21-17-9-5-4-8-16(17)20-13-19-10-18(20)22(21)12-15;1-2-6-14(7-3-1)15-12-21-17-9-5-4-8-16(17)20-11-10-19-18(20)22(21)13-15;1-2-6-14(7-3-1)15-12-20-16-8-4-5-9-17(16)22-18(10-11-19-22)21(20)13-15;2*1-2-5-10-9(4-1)12-13(16-8-14-12)11-6-3-7-15(10)11;;;;;;;;;;;;;;;/h2*1-8,10-13H;1-7,9-13H;2*1-3,5-8H;5*1H3;;;;;;;;;;/q3*-2;7*-1;;;3*+3;;;;;. The number of hydrogen-bond donors (Lipinski definition) is 0. The zero-order valence-corrected chi connectivity index (χ0v) is 88.4. The van der Waals surface area contributed by atoms with Crippen LogP contribution in [-0.4, -0.2) is 47.7 Å². The molecule has 15 heterocycles.